The summed E-state index contributed by atoms with van der Waals surface area (Å²) in [6.45, 7) is 6.21. The number of hydrogen-bond acceptors (Lipinski definition) is 2. The second-order valence-corrected chi connectivity index (χ2v) is 6.29. The SMILES string of the molecule is CC(CCc1ccccc1)N1CC2CCCNC2C1. The number of nitrogens with one attached hydrogen (secondary N) is 1. The van der Waals surface area contributed by atoms with Crippen LogP contribution < -0.4 is 5.32 Å². The highest BCUT2D eigenvalue weighted by atomic mass is 15.2. The summed E-state index contributed by atoms with van der Waals surface area (Å²) in [4.78, 5) is 2.70. The average molecular weight is 258 g/mol. The number of aryl methyl sites for hydroxylation is 1. The Labute approximate surface area is 117 Å². The first-order valence-corrected chi connectivity index (χ1v) is 7.84. The topological polar surface area (TPSA) is 15.3 Å². The smallest absolute Gasteiger partial charge is 0.0235 e. The normalized spacial score (nSPS) is 29.1. The summed E-state index contributed by atoms with van der Waals surface area (Å²) in [6, 6.07) is 12.4. The van der Waals surface area contributed by atoms with E-state index >= 15 is 0 Å². The Kier molecular flexibility index (Phi) is 4.19. The van der Waals surface area contributed by atoms with E-state index in [-0.39, 0.29) is 0 Å². The molecule has 1 aromatic rings. The molecule has 2 heterocycles. The quantitative estimate of drug-likeness (QED) is 0.893. The molecule has 0 saturated carbocycles. The Bertz CT molecular complexity index is 376. The third kappa shape index (κ3) is 3.18. The van der Waals surface area contributed by atoms with E-state index in [0.29, 0.717) is 6.04 Å². The third-order valence-electron chi connectivity index (χ3n) is 4.94. The molecule has 104 valence electrons. The van der Waals surface area contributed by atoms with Gasteiger partial charge < -0.3 is 5.32 Å². The lowest BCUT2D eigenvalue weighted by atomic mass is 9.94. The van der Waals surface area contributed by atoms with Gasteiger partial charge in [-0.05, 0) is 50.6 Å². The molecular formula is C17H26N2. The van der Waals surface area contributed by atoms with Crippen LogP contribution in [0.3, 0.4) is 0 Å². The third-order valence-corrected chi connectivity index (χ3v) is 4.94. The zero-order valence-corrected chi connectivity index (χ0v) is 12.0. The van der Waals surface area contributed by atoms with E-state index in [1.54, 1.807) is 0 Å². The van der Waals surface area contributed by atoms with Crippen molar-refractivity contribution in [3.8, 4) is 0 Å². The minimum absolute atomic E-state index is 0.715. The highest BCUT2D eigenvalue weighted by Gasteiger charge is 2.35. The van der Waals surface area contributed by atoms with Gasteiger partial charge in [-0.25, -0.2) is 0 Å². The van der Waals surface area contributed by atoms with Crippen LogP contribution in [-0.2, 0) is 6.42 Å². The van der Waals surface area contributed by atoms with Crippen molar-refractivity contribution >= 4 is 0 Å². The molecule has 0 spiro atoms. The molecule has 2 aliphatic heterocycles. The molecule has 1 N–H and O–H groups in total. The fourth-order valence-corrected chi connectivity index (χ4v) is 3.64. The maximum atomic E-state index is 3.70. The van der Waals surface area contributed by atoms with Gasteiger partial charge >= 0.3 is 0 Å². The van der Waals surface area contributed by atoms with Gasteiger partial charge in [0.2, 0.25) is 0 Å². The Morgan fingerprint density at radius 2 is 2.11 bits per heavy atom. The molecular weight excluding hydrogens is 232 g/mol. The van der Waals surface area contributed by atoms with E-state index in [1.807, 2.05) is 0 Å². The predicted octanol–water partition coefficient (Wildman–Crippen LogP) is 2.69. The molecule has 0 bridgehead atoms. The van der Waals surface area contributed by atoms with Gasteiger partial charge in [-0.1, -0.05) is 30.3 Å². The molecule has 19 heavy (non-hydrogen) atoms. The monoisotopic (exact) mass is 258 g/mol. The molecule has 0 radical (unpaired) electrons. The molecule has 0 aromatic heterocycles. The highest BCUT2D eigenvalue weighted by molar-refractivity contribution is 5.14. The lowest BCUT2D eigenvalue weighted by Crippen LogP contribution is -2.41. The van der Waals surface area contributed by atoms with Crippen molar-refractivity contribution in [1.29, 1.82) is 0 Å². The van der Waals surface area contributed by atoms with Gasteiger partial charge in [-0.3, -0.25) is 4.90 Å². The summed E-state index contributed by atoms with van der Waals surface area (Å²) in [5, 5.41) is 3.70. The zero-order valence-electron chi connectivity index (χ0n) is 12.0. The molecule has 2 aliphatic rings. The van der Waals surface area contributed by atoms with Gasteiger partial charge in [0.1, 0.15) is 0 Å². The average Bonchev–Trinajstić information content (AvgIpc) is 2.90. The van der Waals surface area contributed by atoms with E-state index in [2.05, 4.69) is 47.5 Å². The molecule has 2 nitrogen and oxygen atoms in total. The lowest BCUT2D eigenvalue weighted by Gasteiger charge is -2.25. The summed E-state index contributed by atoms with van der Waals surface area (Å²) >= 11 is 0. The maximum absolute atomic E-state index is 3.70. The van der Waals surface area contributed by atoms with E-state index in [4.69, 9.17) is 0 Å². The van der Waals surface area contributed by atoms with Crippen molar-refractivity contribution in [3.05, 3.63) is 35.9 Å². The Balaban J connectivity index is 1.49. The molecule has 2 saturated heterocycles. The van der Waals surface area contributed by atoms with Crippen LogP contribution in [-0.4, -0.2) is 36.6 Å². The highest BCUT2D eigenvalue weighted by Crippen LogP contribution is 2.27. The van der Waals surface area contributed by atoms with Gasteiger partial charge in [0, 0.05) is 25.2 Å². The van der Waals surface area contributed by atoms with Gasteiger partial charge in [-0.15, -0.1) is 0 Å². The van der Waals surface area contributed by atoms with Crippen molar-refractivity contribution in [2.75, 3.05) is 19.6 Å². The summed E-state index contributed by atoms with van der Waals surface area (Å²) in [6.07, 6.45) is 5.29. The molecule has 1 aromatic carbocycles. The lowest BCUT2D eigenvalue weighted by molar-refractivity contribution is 0.236. The van der Waals surface area contributed by atoms with Gasteiger partial charge in [0.25, 0.3) is 0 Å². The van der Waals surface area contributed by atoms with Crippen LogP contribution in [0.25, 0.3) is 0 Å². The number of benzene rings is 1. The van der Waals surface area contributed by atoms with Crippen molar-refractivity contribution in [3.63, 3.8) is 0 Å². The largest absolute Gasteiger partial charge is 0.312 e. The number of nitrogens with zero attached hydrogens (tertiary/aromatic N) is 1. The predicted molar refractivity (Wildman–Crippen MR) is 80.3 cm³/mol. The second-order valence-electron chi connectivity index (χ2n) is 6.29. The Morgan fingerprint density at radius 3 is 2.89 bits per heavy atom. The van der Waals surface area contributed by atoms with Crippen molar-refractivity contribution < 1.29 is 0 Å². The number of fused-ring (bicyclic) bond motifs is 1. The fraction of sp³-hybridized carbons (Fsp3) is 0.647. The molecule has 2 heteroatoms. The number of rotatable bonds is 4. The fourth-order valence-electron chi connectivity index (χ4n) is 3.64. The number of hydrogen-bond donors (Lipinski definition) is 1. The number of likely N-dealkylation sites (tertiary alicyclic amines) is 1. The van der Waals surface area contributed by atoms with E-state index in [1.165, 1.54) is 50.9 Å². The van der Waals surface area contributed by atoms with Crippen LogP contribution in [0.2, 0.25) is 0 Å². The van der Waals surface area contributed by atoms with Crippen LogP contribution in [0.4, 0.5) is 0 Å². The van der Waals surface area contributed by atoms with Crippen molar-refractivity contribution in [2.24, 2.45) is 5.92 Å². The minimum atomic E-state index is 0.715. The molecule has 3 unspecified atom stereocenters. The van der Waals surface area contributed by atoms with Crippen molar-refractivity contribution in [2.45, 2.75) is 44.7 Å². The first-order chi connectivity index (χ1) is 9.33. The first-order valence-electron chi connectivity index (χ1n) is 7.84. The minimum Gasteiger partial charge on any atom is -0.312 e. The summed E-state index contributed by atoms with van der Waals surface area (Å²) in [5.41, 5.74) is 1.48. The van der Waals surface area contributed by atoms with Gasteiger partial charge in [-0.2, -0.15) is 0 Å². The maximum Gasteiger partial charge on any atom is 0.0235 e. The second kappa shape index (κ2) is 6.06. The summed E-state index contributed by atoms with van der Waals surface area (Å²) in [7, 11) is 0. The first kappa shape index (κ1) is 13.1. The van der Waals surface area contributed by atoms with Crippen LogP contribution in [0, 0.1) is 5.92 Å². The Hall–Kier alpha value is -0.860. The van der Waals surface area contributed by atoms with Crippen LogP contribution in [0.15, 0.2) is 30.3 Å². The molecule has 0 aliphatic carbocycles. The summed E-state index contributed by atoms with van der Waals surface area (Å²) < 4.78 is 0. The van der Waals surface area contributed by atoms with Crippen LogP contribution >= 0.6 is 0 Å². The van der Waals surface area contributed by atoms with Crippen molar-refractivity contribution in [1.82, 2.24) is 10.2 Å². The van der Waals surface area contributed by atoms with Crippen LogP contribution in [0.5, 0.6) is 0 Å². The zero-order chi connectivity index (χ0) is 13.1. The van der Waals surface area contributed by atoms with Gasteiger partial charge in [0.05, 0.1) is 0 Å². The number of piperidine rings is 1. The van der Waals surface area contributed by atoms with E-state index < -0.39 is 0 Å². The molecule has 0 amide bonds. The summed E-state index contributed by atoms with van der Waals surface area (Å²) in [5.74, 6) is 0.910. The standard InChI is InChI=1S/C17H26N2/c1-14(9-10-15-6-3-2-4-7-15)19-12-16-8-5-11-18-17(16)13-19/h2-4,6-7,14,16-18H,5,8-13H2,1H3. The molecule has 2 fully saturated rings. The van der Waals surface area contributed by atoms with Gasteiger partial charge in [0.15, 0.2) is 0 Å². The molecule has 3 rings (SSSR count). The van der Waals surface area contributed by atoms with E-state index in [9.17, 15) is 0 Å². The van der Waals surface area contributed by atoms with E-state index in [0.717, 1.165) is 12.0 Å². The van der Waals surface area contributed by atoms with Crippen LogP contribution in [0.1, 0.15) is 31.7 Å². The molecule has 3 atom stereocenters. The Morgan fingerprint density at radius 1 is 1.26 bits per heavy atom.